The molecule has 1 heterocycles. The van der Waals surface area contributed by atoms with Crippen LogP contribution in [0.5, 0.6) is 0 Å². The highest BCUT2D eigenvalue weighted by Crippen LogP contribution is 2.08. The van der Waals surface area contributed by atoms with Gasteiger partial charge in [0, 0.05) is 12.5 Å². The van der Waals surface area contributed by atoms with E-state index in [4.69, 9.17) is 0 Å². The highest BCUT2D eigenvalue weighted by Gasteiger charge is 2.07. The fourth-order valence-electron chi connectivity index (χ4n) is 1.34. The van der Waals surface area contributed by atoms with Crippen LogP contribution in [0.15, 0.2) is 44.6 Å². The number of carbonyl (C=O) groups excluding carboxylic acids is 1. The van der Waals surface area contributed by atoms with Crippen LogP contribution in [0.25, 0.3) is 0 Å². The molecule has 0 bridgehead atoms. The Balaban J connectivity index is 2.29. The number of Topliss-reactive ketones (excluding diaryl/α,β-unsaturated/α-hetero) is 1. The third kappa shape index (κ3) is 2.75. The summed E-state index contributed by atoms with van der Waals surface area (Å²) in [5.74, 6) is -0.101. The van der Waals surface area contributed by atoms with E-state index in [1.54, 1.807) is 18.2 Å². The second-order valence-corrected chi connectivity index (χ2v) is 3.41. The number of aromatic nitrogens is 2. The smallest absolute Gasteiger partial charge is 0.306 e. The number of aromatic amines is 2. The van der Waals surface area contributed by atoms with Crippen LogP contribution in [0.4, 0.5) is 0 Å². The maximum atomic E-state index is 11.4. The molecule has 0 saturated heterocycles. The Labute approximate surface area is 95.4 Å². The van der Waals surface area contributed by atoms with E-state index in [-0.39, 0.29) is 11.5 Å². The average molecular weight is 231 g/mol. The summed E-state index contributed by atoms with van der Waals surface area (Å²) in [5, 5.41) is 0. The van der Waals surface area contributed by atoms with Crippen LogP contribution < -0.4 is 11.2 Å². The van der Waals surface area contributed by atoms with E-state index in [1.165, 1.54) is 12.3 Å². The molecule has 1 aliphatic carbocycles. The highest BCUT2D eigenvalue weighted by atomic mass is 16.2. The topological polar surface area (TPSA) is 95.2 Å². The highest BCUT2D eigenvalue weighted by molar-refractivity contribution is 5.99. The molecule has 1 aromatic heterocycles. The standard InChI is InChI=1S/C11H9N3O3/c15-9-4-2-1-3-8(9)12-6-7-5-10(16)14-11(17)13-7/h1-3,5-6H,4H2,(H2,13,14,16,17). The number of rotatable bonds is 2. The van der Waals surface area contributed by atoms with Crippen molar-refractivity contribution in [3.63, 3.8) is 0 Å². The number of hydrogen-bond acceptors (Lipinski definition) is 4. The van der Waals surface area contributed by atoms with Crippen LogP contribution in [-0.2, 0) is 4.79 Å². The van der Waals surface area contributed by atoms with Crippen molar-refractivity contribution in [2.24, 2.45) is 4.99 Å². The van der Waals surface area contributed by atoms with E-state index >= 15 is 0 Å². The van der Waals surface area contributed by atoms with Crippen molar-refractivity contribution in [3.05, 3.63) is 56.5 Å². The summed E-state index contributed by atoms with van der Waals surface area (Å²) in [7, 11) is 0. The molecule has 0 aromatic carbocycles. The molecule has 0 saturated carbocycles. The molecule has 2 rings (SSSR count). The Kier molecular flexibility index (Phi) is 2.95. The van der Waals surface area contributed by atoms with Gasteiger partial charge in [-0.1, -0.05) is 12.2 Å². The molecule has 6 heteroatoms. The van der Waals surface area contributed by atoms with Crippen molar-refractivity contribution in [1.29, 1.82) is 0 Å². The minimum atomic E-state index is -0.609. The second-order valence-electron chi connectivity index (χ2n) is 3.41. The molecule has 0 spiro atoms. The van der Waals surface area contributed by atoms with E-state index < -0.39 is 11.2 Å². The summed E-state index contributed by atoms with van der Waals surface area (Å²) < 4.78 is 0. The maximum absolute atomic E-state index is 11.4. The molecular weight excluding hydrogens is 222 g/mol. The predicted molar refractivity (Wildman–Crippen MR) is 62.1 cm³/mol. The maximum Gasteiger partial charge on any atom is 0.326 e. The third-order valence-electron chi connectivity index (χ3n) is 2.10. The quantitative estimate of drug-likeness (QED) is 0.695. The zero-order valence-corrected chi connectivity index (χ0v) is 8.77. The summed E-state index contributed by atoms with van der Waals surface area (Å²) in [4.78, 5) is 41.7. The lowest BCUT2D eigenvalue weighted by molar-refractivity contribution is -0.114. The summed E-state index contributed by atoms with van der Waals surface area (Å²) in [6.07, 6.45) is 6.63. The van der Waals surface area contributed by atoms with Gasteiger partial charge in [-0.05, 0) is 6.08 Å². The molecule has 0 unspecified atom stereocenters. The van der Waals surface area contributed by atoms with Crippen LogP contribution in [0.1, 0.15) is 12.1 Å². The number of carbonyl (C=O) groups is 1. The van der Waals surface area contributed by atoms with E-state index in [0.29, 0.717) is 12.1 Å². The predicted octanol–water partition coefficient (Wildman–Crippen LogP) is -0.105. The number of nitrogens with zero attached hydrogens (tertiary/aromatic N) is 1. The van der Waals surface area contributed by atoms with Gasteiger partial charge in [0.1, 0.15) is 5.70 Å². The second kappa shape index (κ2) is 4.56. The SMILES string of the molecule is O=C1CC=CC=C1N=Cc1cc(=O)[nH]c(=O)[nH]1. The van der Waals surface area contributed by atoms with Gasteiger partial charge in [-0.2, -0.15) is 0 Å². The van der Waals surface area contributed by atoms with Crippen molar-refractivity contribution in [2.45, 2.75) is 6.42 Å². The number of aliphatic imine (C=N–C) groups is 1. The largest absolute Gasteiger partial charge is 0.326 e. The lowest BCUT2D eigenvalue weighted by Gasteiger charge is -2.01. The van der Waals surface area contributed by atoms with Gasteiger partial charge in [-0.15, -0.1) is 0 Å². The molecule has 0 aliphatic heterocycles. The molecule has 0 radical (unpaired) electrons. The van der Waals surface area contributed by atoms with Crippen LogP contribution in [0.3, 0.4) is 0 Å². The molecule has 1 aromatic rings. The van der Waals surface area contributed by atoms with E-state index in [0.717, 1.165) is 0 Å². The lowest BCUT2D eigenvalue weighted by Crippen LogP contribution is -2.22. The van der Waals surface area contributed by atoms with E-state index in [9.17, 15) is 14.4 Å². The fourth-order valence-corrected chi connectivity index (χ4v) is 1.34. The van der Waals surface area contributed by atoms with Crippen LogP contribution >= 0.6 is 0 Å². The van der Waals surface area contributed by atoms with E-state index in [1.807, 2.05) is 4.98 Å². The Morgan fingerprint density at radius 1 is 1.24 bits per heavy atom. The van der Waals surface area contributed by atoms with Gasteiger partial charge >= 0.3 is 5.69 Å². The Morgan fingerprint density at radius 3 is 2.76 bits per heavy atom. The number of H-pyrrole nitrogens is 2. The number of ketones is 1. The third-order valence-corrected chi connectivity index (χ3v) is 2.10. The van der Waals surface area contributed by atoms with Crippen LogP contribution in [0.2, 0.25) is 0 Å². The monoisotopic (exact) mass is 231 g/mol. The Morgan fingerprint density at radius 2 is 2.06 bits per heavy atom. The van der Waals surface area contributed by atoms with Gasteiger partial charge in [0.25, 0.3) is 5.56 Å². The number of hydrogen-bond donors (Lipinski definition) is 2. The summed E-state index contributed by atoms with van der Waals surface area (Å²) in [6, 6.07) is 1.19. The molecule has 6 nitrogen and oxygen atoms in total. The van der Waals surface area contributed by atoms with Crippen LogP contribution in [0, 0.1) is 0 Å². The van der Waals surface area contributed by atoms with Crippen molar-refractivity contribution in [3.8, 4) is 0 Å². The molecule has 1 aliphatic rings. The molecule has 0 fully saturated rings. The van der Waals surface area contributed by atoms with Gasteiger partial charge < -0.3 is 4.98 Å². The summed E-state index contributed by atoms with van der Waals surface area (Å²) in [5.41, 5.74) is -0.572. The van der Waals surface area contributed by atoms with Gasteiger partial charge in [-0.3, -0.25) is 19.6 Å². The number of nitrogens with one attached hydrogen (secondary N) is 2. The molecule has 86 valence electrons. The van der Waals surface area contributed by atoms with Crippen LogP contribution in [-0.4, -0.2) is 22.0 Å². The molecule has 2 N–H and O–H groups in total. The first-order valence-electron chi connectivity index (χ1n) is 4.93. The molecular formula is C11H9N3O3. The Hall–Kier alpha value is -2.50. The fraction of sp³-hybridized carbons (Fsp3) is 0.0909. The minimum absolute atomic E-state index is 0.101. The van der Waals surface area contributed by atoms with E-state index in [2.05, 4.69) is 9.98 Å². The van der Waals surface area contributed by atoms with Crippen molar-refractivity contribution < 1.29 is 4.79 Å². The zero-order valence-electron chi connectivity index (χ0n) is 8.77. The van der Waals surface area contributed by atoms with Gasteiger partial charge in [0.15, 0.2) is 5.78 Å². The van der Waals surface area contributed by atoms with Crippen molar-refractivity contribution >= 4 is 12.0 Å². The minimum Gasteiger partial charge on any atom is -0.306 e. The van der Waals surface area contributed by atoms with Gasteiger partial charge in [0.2, 0.25) is 0 Å². The summed E-state index contributed by atoms with van der Waals surface area (Å²) >= 11 is 0. The summed E-state index contributed by atoms with van der Waals surface area (Å²) in [6.45, 7) is 0. The lowest BCUT2D eigenvalue weighted by atomic mass is 10.1. The molecule has 17 heavy (non-hydrogen) atoms. The Bertz CT molecular complexity index is 618. The zero-order chi connectivity index (χ0) is 12.3. The van der Waals surface area contributed by atoms with Crippen molar-refractivity contribution in [2.75, 3.05) is 0 Å². The normalized spacial score (nSPS) is 15.3. The van der Waals surface area contributed by atoms with Gasteiger partial charge in [0.05, 0.1) is 11.9 Å². The molecule has 0 amide bonds. The average Bonchev–Trinajstić information content (AvgIpc) is 2.27. The molecule has 0 atom stereocenters. The first kappa shape index (κ1) is 11.0. The van der Waals surface area contributed by atoms with Crippen molar-refractivity contribution in [1.82, 2.24) is 9.97 Å². The first-order valence-corrected chi connectivity index (χ1v) is 4.93. The number of allylic oxidation sites excluding steroid dienone is 4. The van der Waals surface area contributed by atoms with Gasteiger partial charge in [-0.25, -0.2) is 4.79 Å². The first-order chi connectivity index (χ1) is 8.15.